The third-order valence-corrected chi connectivity index (χ3v) is 4.01. The van der Waals surface area contributed by atoms with E-state index in [2.05, 4.69) is 19.2 Å². The zero-order chi connectivity index (χ0) is 13.5. The van der Waals surface area contributed by atoms with Crippen LogP contribution in [0.2, 0.25) is 10.0 Å². The standard InChI is InChI=1S/C14H21Cl2NO/c1-3-11(6-7-18)9-17-10(2)12-4-5-13(15)14(16)8-12/h4-5,8,10-11,17-18H,3,6-7,9H2,1-2H3. The van der Waals surface area contributed by atoms with Crippen molar-refractivity contribution < 1.29 is 5.11 Å². The minimum atomic E-state index is 0.229. The fraction of sp³-hybridized carbons (Fsp3) is 0.571. The van der Waals surface area contributed by atoms with Crippen molar-refractivity contribution in [2.75, 3.05) is 13.2 Å². The summed E-state index contributed by atoms with van der Waals surface area (Å²) in [6.45, 7) is 5.40. The van der Waals surface area contributed by atoms with Gasteiger partial charge in [0.15, 0.2) is 0 Å². The van der Waals surface area contributed by atoms with Gasteiger partial charge in [-0.2, -0.15) is 0 Å². The molecule has 0 fully saturated rings. The average Bonchev–Trinajstić information content (AvgIpc) is 2.37. The molecule has 102 valence electrons. The van der Waals surface area contributed by atoms with Crippen LogP contribution in [0.15, 0.2) is 18.2 Å². The molecule has 1 aromatic rings. The highest BCUT2D eigenvalue weighted by molar-refractivity contribution is 6.42. The second-order valence-electron chi connectivity index (χ2n) is 4.59. The van der Waals surface area contributed by atoms with E-state index in [1.807, 2.05) is 18.2 Å². The Morgan fingerprint density at radius 2 is 2.00 bits per heavy atom. The molecule has 2 nitrogen and oxygen atoms in total. The summed E-state index contributed by atoms with van der Waals surface area (Å²) in [6, 6.07) is 5.93. The number of halogens is 2. The van der Waals surface area contributed by atoms with Crippen molar-refractivity contribution in [3.05, 3.63) is 33.8 Å². The molecule has 0 bridgehead atoms. The zero-order valence-corrected chi connectivity index (χ0v) is 12.4. The summed E-state index contributed by atoms with van der Waals surface area (Å²) in [5, 5.41) is 13.6. The summed E-state index contributed by atoms with van der Waals surface area (Å²) in [7, 11) is 0. The first-order valence-electron chi connectivity index (χ1n) is 6.37. The molecule has 1 aromatic carbocycles. The van der Waals surface area contributed by atoms with E-state index < -0.39 is 0 Å². The molecule has 0 aliphatic heterocycles. The molecular weight excluding hydrogens is 269 g/mol. The number of rotatable bonds is 7. The second kappa shape index (κ2) is 8.00. The van der Waals surface area contributed by atoms with Crippen LogP contribution >= 0.6 is 23.2 Å². The Morgan fingerprint density at radius 3 is 2.56 bits per heavy atom. The van der Waals surface area contributed by atoms with Crippen LogP contribution in [0.25, 0.3) is 0 Å². The molecule has 0 aromatic heterocycles. The van der Waals surface area contributed by atoms with Crippen LogP contribution in [0, 0.1) is 5.92 Å². The quantitative estimate of drug-likeness (QED) is 0.794. The van der Waals surface area contributed by atoms with Gasteiger partial charge < -0.3 is 10.4 Å². The fourth-order valence-electron chi connectivity index (χ4n) is 1.88. The van der Waals surface area contributed by atoms with E-state index in [0.717, 1.165) is 24.9 Å². The molecule has 0 saturated carbocycles. The number of aliphatic hydroxyl groups excluding tert-OH is 1. The molecular formula is C14H21Cl2NO. The topological polar surface area (TPSA) is 32.3 Å². The first-order valence-corrected chi connectivity index (χ1v) is 7.13. The van der Waals surface area contributed by atoms with Gasteiger partial charge in [-0.05, 0) is 43.5 Å². The molecule has 0 aliphatic carbocycles. The molecule has 18 heavy (non-hydrogen) atoms. The molecule has 0 amide bonds. The zero-order valence-electron chi connectivity index (χ0n) is 10.9. The highest BCUT2D eigenvalue weighted by Crippen LogP contribution is 2.25. The van der Waals surface area contributed by atoms with Crippen LogP contribution in [0.3, 0.4) is 0 Å². The fourth-order valence-corrected chi connectivity index (χ4v) is 2.18. The summed E-state index contributed by atoms with van der Waals surface area (Å²) in [4.78, 5) is 0. The number of hydrogen-bond acceptors (Lipinski definition) is 2. The van der Waals surface area contributed by atoms with Crippen molar-refractivity contribution in [1.82, 2.24) is 5.32 Å². The first kappa shape index (κ1) is 15.8. The SMILES string of the molecule is CCC(CCO)CNC(C)c1ccc(Cl)c(Cl)c1. The predicted molar refractivity (Wildman–Crippen MR) is 78.4 cm³/mol. The van der Waals surface area contributed by atoms with Gasteiger partial charge in [-0.3, -0.25) is 0 Å². The van der Waals surface area contributed by atoms with Gasteiger partial charge in [0.05, 0.1) is 10.0 Å². The molecule has 2 atom stereocenters. The van der Waals surface area contributed by atoms with Gasteiger partial charge in [0.1, 0.15) is 0 Å². The Morgan fingerprint density at radius 1 is 1.28 bits per heavy atom. The van der Waals surface area contributed by atoms with E-state index in [-0.39, 0.29) is 12.6 Å². The van der Waals surface area contributed by atoms with E-state index in [1.165, 1.54) is 0 Å². The number of aliphatic hydroxyl groups is 1. The molecule has 2 N–H and O–H groups in total. The highest BCUT2D eigenvalue weighted by Gasteiger charge is 2.10. The van der Waals surface area contributed by atoms with Gasteiger partial charge in [0.2, 0.25) is 0 Å². The van der Waals surface area contributed by atoms with Crippen LogP contribution in [0.5, 0.6) is 0 Å². The molecule has 4 heteroatoms. The van der Waals surface area contributed by atoms with Crippen molar-refractivity contribution in [2.45, 2.75) is 32.7 Å². The molecule has 0 saturated heterocycles. The number of hydrogen-bond donors (Lipinski definition) is 2. The predicted octanol–water partition coefficient (Wildman–Crippen LogP) is 4.05. The Hall–Kier alpha value is -0.280. The highest BCUT2D eigenvalue weighted by atomic mass is 35.5. The lowest BCUT2D eigenvalue weighted by Gasteiger charge is -2.19. The maximum atomic E-state index is 8.96. The molecule has 0 spiro atoms. The van der Waals surface area contributed by atoms with Crippen LogP contribution in [-0.2, 0) is 0 Å². The van der Waals surface area contributed by atoms with Gasteiger partial charge in [-0.1, -0.05) is 42.6 Å². The van der Waals surface area contributed by atoms with Crippen LogP contribution < -0.4 is 5.32 Å². The molecule has 0 radical (unpaired) electrons. The Labute approximate surface area is 119 Å². The van der Waals surface area contributed by atoms with Crippen molar-refractivity contribution in [1.29, 1.82) is 0 Å². The largest absolute Gasteiger partial charge is 0.396 e. The third-order valence-electron chi connectivity index (χ3n) is 3.27. The maximum Gasteiger partial charge on any atom is 0.0595 e. The second-order valence-corrected chi connectivity index (χ2v) is 5.40. The lowest BCUT2D eigenvalue weighted by molar-refractivity contribution is 0.249. The van der Waals surface area contributed by atoms with E-state index >= 15 is 0 Å². The summed E-state index contributed by atoms with van der Waals surface area (Å²) in [5.41, 5.74) is 1.13. The van der Waals surface area contributed by atoms with Gasteiger partial charge in [-0.25, -0.2) is 0 Å². The van der Waals surface area contributed by atoms with Crippen molar-refractivity contribution in [3.8, 4) is 0 Å². The lowest BCUT2D eigenvalue weighted by Crippen LogP contribution is -2.26. The van der Waals surface area contributed by atoms with Crippen LogP contribution in [0.4, 0.5) is 0 Å². The summed E-state index contributed by atoms with van der Waals surface area (Å²) < 4.78 is 0. The van der Waals surface area contributed by atoms with Gasteiger partial charge in [0, 0.05) is 12.6 Å². The van der Waals surface area contributed by atoms with Crippen molar-refractivity contribution in [3.63, 3.8) is 0 Å². The van der Waals surface area contributed by atoms with Crippen molar-refractivity contribution in [2.24, 2.45) is 5.92 Å². The van der Waals surface area contributed by atoms with E-state index in [1.54, 1.807) is 0 Å². The summed E-state index contributed by atoms with van der Waals surface area (Å²) >= 11 is 11.9. The van der Waals surface area contributed by atoms with E-state index in [0.29, 0.717) is 16.0 Å². The molecule has 2 unspecified atom stereocenters. The number of benzene rings is 1. The molecule has 0 aliphatic rings. The normalized spacial score (nSPS) is 14.5. The minimum Gasteiger partial charge on any atom is -0.396 e. The first-order chi connectivity index (χ1) is 8.58. The van der Waals surface area contributed by atoms with E-state index in [9.17, 15) is 0 Å². The maximum absolute atomic E-state index is 8.96. The Bertz CT molecular complexity index is 371. The third kappa shape index (κ3) is 4.77. The minimum absolute atomic E-state index is 0.229. The van der Waals surface area contributed by atoms with Crippen LogP contribution in [0.1, 0.15) is 38.3 Å². The van der Waals surface area contributed by atoms with E-state index in [4.69, 9.17) is 28.3 Å². The molecule has 1 rings (SSSR count). The summed E-state index contributed by atoms with van der Waals surface area (Å²) in [5.74, 6) is 0.514. The lowest BCUT2D eigenvalue weighted by atomic mass is 10.0. The van der Waals surface area contributed by atoms with Crippen LogP contribution in [-0.4, -0.2) is 18.3 Å². The van der Waals surface area contributed by atoms with Crippen molar-refractivity contribution >= 4 is 23.2 Å². The van der Waals surface area contributed by atoms with Gasteiger partial charge in [0.25, 0.3) is 0 Å². The smallest absolute Gasteiger partial charge is 0.0595 e. The number of nitrogens with one attached hydrogen (secondary N) is 1. The average molecular weight is 290 g/mol. The monoisotopic (exact) mass is 289 g/mol. The Balaban J connectivity index is 2.53. The summed E-state index contributed by atoms with van der Waals surface area (Å²) in [6.07, 6.45) is 1.92. The Kier molecular flexibility index (Phi) is 7.02. The molecule has 0 heterocycles. The van der Waals surface area contributed by atoms with Gasteiger partial charge >= 0.3 is 0 Å². The van der Waals surface area contributed by atoms with Gasteiger partial charge in [-0.15, -0.1) is 0 Å².